The second-order valence-corrected chi connectivity index (χ2v) is 0.622. The molecule has 0 aliphatic rings. The van der Waals surface area contributed by atoms with Crippen molar-refractivity contribution in [3.05, 3.63) is 12.8 Å². The third-order valence-electron chi connectivity index (χ3n) is 0.285. The number of aliphatic hydroxyl groups is 1. The summed E-state index contributed by atoms with van der Waals surface area (Å²) in [6, 6.07) is 0. The van der Waals surface area contributed by atoms with Crippen LogP contribution >= 0.6 is 0 Å². The molecule has 0 spiro atoms. The topological polar surface area (TPSA) is 29.5 Å². The van der Waals surface area contributed by atoms with Gasteiger partial charge in [0.25, 0.3) is 0 Å². The molecular weight excluding hydrogens is 92.1 g/mol. The molecule has 0 aromatic carbocycles. The smallest absolute Gasteiger partial charge is 0.0844 e. The summed E-state index contributed by atoms with van der Waals surface area (Å²) in [6.07, 6.45) is 1.43. The second kappa shape index (κ2) is 17.8. The lowest BCUT2D eigenvalue weighted by molar-refractivity contribution is 0.270. The van der Waals surface area contributed by atoms with Crippen LogP contribution in [0.5, 0.6) is 0 Å². The van der Waals surface area contributed by atoms with Crippen LogP contribution in [-0.4, -0.2) is 18.8 Å². The average molecular weight is 104 g/mol. The largest absolute Gasteiger partial charge is 0.502 e. The van der Waals surface area contributed by atoms with Gasteiger partial charge in [0.05, 0.1) is 12.9 Å². The first kappa shape index (κ1) is 9.71. The fraction of sp³-hybridized carbons (Fsp3) is 0.600. The monoisotopic (exact) mass is 104 g/mol. The average Bonchev–Trinajstić information content (AvgIpc) is 1.75. The SMILES string of the molecule is C=COCC.CO. The van der Waals surface area contributed by atoms with Crippen LogP contribution in [0, 0.1) is 0 Å². The minimum atomic E-state index is 0.726. The van der Waals surface area contributed by atoms with E-state index in [9.17, 15) is 0 Å². The molecule has 1 N–H and O–H groups in total. The Bertz CT molecular complexity index is 27.3. The van der Waals surface area contributed by atoms with Gasteiger partial charge in [-0.05, 0) is 6.92 Å². The second-order valence-electron chi connectivity index (χ2n) is 0.622. The maximum Gasteiger partial charge on any atom is 0.0844 e. The van der Waals surface area contributed by atoms with Gasteiger partial charge in [0.2, 0.25) is 0 Å². The maximum absolute atomic E-state index is 7.00. The van der Waals surface area contributed by atoms with Crippen molar-refractivity contribution in [2.75, 3.05) is 13.7 Å². The van der Waals surface area contributed by atoms with Crippen molar-refractivity contribution in [1.29, 1.82) is 0 Å². The first-order chi connectivity index (χ1) is 3.41. The molecule has 0 fully saturated rings. The number of hydrogen-bond acceptors (Lipinski definition) is 2. The summed E-state index contributed by atoms with van der Waals surface area (Å²) in [7, 11) is 1.00. The standard InChI is InChI=1S/C4H8O.CH4O/c1-3-5-4-2;1-2/h3H,1,4H2,2H3;2H,1H3. The van der Waals surface area contributed by atoms with Gasteiger partial charge in [-0.1, -0.05) is 6.58 Å². The zero-order valence-corrected chi connectivity index (χ0v) is 4.85. The van der Waals surface area contributed by atoms with Crippen LogP contribution in [0.2, 0.25) is 0 Å². The summed E-state index contributed by atoms with van der Waals surface area (Å²) in [4.78, 5) is 0. The summed E-state index contributed by atoms with van der Waals surface area (Å²) in [5.74, 6) is 0. The van der Waals surface area contributed by atoms with E-state index in [1.807, 2.05) is 6.92 Å². The highest BCUT2D eigenvalue weighted by atomic mass is 16.5. The van der Waals surface area contributed by atoms with Gasteiger partial charge in [-0.25, -0.2) is 0 Å². The molecule has 0 aromatic rings. The number of aliphatic hydroxyl groups excluding tert-OH is 1. The molecule has 44 valence electrons. The Morgan fingerprint density at radius 2 is 2.14 bits per heavy atom. The minimum Gasteiger partial charge on any atom is -0.502 e. The van der Waals surface area contributed by atoms with Crippen LogP contribution < -0.4 is 0 Å². The van der Waals surface area contributed by atoms with Gasteiger partial charge in [-0.2, -0.15) is 0 Å². The summed E-state index contributed by atoms with van der Waals surface area (Å²) in [6.45, 7) is 5.97. The molecule has 0 heterocycles. The predicted octanol–water partition coefficient (Wildman–Crippen LogP) is 0.775. The van der Waals surface area contributed by atoms with Gasteiger partial charge >= 0.3 is 0 Å². The van der Waals surface area contributed by atoms with Gasteiger partial charge in [0.15, 0.2) is 0 Å². The molecule has 0 aliphatic carbocycles. The highest BCUT2D eigenvalue weighted by molar-refractivity contribution is 4.45. The third-order valence-corrected chi connectivity index (χ3v) is 0.285. The Hall–Kier alpha value is -0.500. The van der Waals surface area contributed by atoms with E-state index in [2.05, 4.69) is 11.3 Å². The normalized spacial score (nSPS) is 5.57. The van der Waals surface area contributed by atoms with Crippen molar-refractivity contribution in [3.63, 3.8) is 0 Å². The van der Waals surface area contributed by atoms with Crippen LogP contribution in [-0.2, 0) is 4.74 Å². The lowest BCUT2D eigenvalue weighted by atomic mass is 10.9. The molecule has 0 saturated heterocycles. The Balaban J connectivity index is 0. The highest BCUT2D eigenvalue weighted by Crippen LogP contribution is 1.65. The van der Waals surface area contributed by atoms with Crippen molar-refractivity contribution in [2.24, 2.45) is 0 Å². The molecule has 0 amide bonds. The van der Waals surface area contributed by atoms with E-state index in [1.54, 1.807) is 0 Å². The van der Waals surface area contributed by atoms with E-state index >= 15 is 0 Å². The Morgan fingerprint density at radius 3 is 2.14 bits per heavy atom. The lowest BCUT2D eigenvalue weighted by Gasteiger charge is -1.84. The zero-order chi connectivity index (χ0) is 6.12. The van der Waals surface area contributed by atoms with Crippen LogP contribution in [0.1, 0.15) is 6.92 Å². The van der Waals surface area contributed by atoms with Crippen molar-refractivity contribution < 1.29 is 9.84 Å². The number of ether oxygens (including phenoxy) is 1. The van der Waals surface area contributed by atoms with E-state index in [4.69, 9.17) is 5.11 Å². The van der Waals surface area contributed by atoms with Gasteiger partial charge < -0.3 is 9.84 Å². The summed E-state index contributed by atoms with van der Waals surface area (Å²) in [5, 5.41) is 7.00. The quantitative estimate of drug-likeness (QED) is 0.524. The van der Waals surface area contributed by atoms with Gasteiger partial charge in [0.1, 0.15) is 0 Å². The molecule has 2 heteroatoms. The van der Waals surface area contributed by atoms with Crippen LogP contribution in [0.3, 0.4) is 0 Å². The van der Waals surface area contributed by atoms with Gasteiger partial charge in [-0.3, -0.25) is 0 Å². The van der Waals surface area contributed by atoms with Crippen molar-refractivity contribution in [3.8, 4) is 0 Å². The zero-order valence-electron chi connectivity index (χ0n) is 4.85. The Labute approximate surface area is 44.4 Å². The highest BCUT2D eigenvalue weighted by Gasteiger charge is 1.55. The Kier molecular flexibility index (Phi) is 24.7. The summed E-state index contributed by atoms with van der Waals surface area (Å²) in [5.41, 5.74) is 0. The van der Waals surface area contributed by atoms with Gasteiger partial charge in [0, 0.05) is 7.11 Å². The van der Waals surface area contributed by atoms with E-state index in [0.29, 0.717) is 0 Å². The molecule has 0 atom stereocenters. The first-order valence-corrected chi connectivity index (χ1v) is 2.09. The maximum atomic E-state index is 7.00. The Morgan fingerprint density at radius 1 is 1.71 bits per heavy atom. The predicted molar refractivity (Wildman–Crippen MR) is 30.0 cm³/mol. The molecule has 0 aromatic heterocycles. The lowest BCUT2D eigenvalue weighted by Crippen LogP contribution is -1.72. The van der Waals surface area contributed by atoms with Crippen molar-refractivity contribution in [1.82, 2.24) is 0 Å². The van der Waals surface area contributed by atoms with E-state index in [-0.39, 0.29) is 0 Å². The van der Waals surface area contributed by atoms with Crippen LogP contribution in [0.25, 0.3) is 0 Å². The molecule has 0 rings (SSSR count). The van der Waals surface area contributed by atoms with Crippen LogP contribution in [0.15, 0.2) is 12.8 Å². The molecule has 0 saturated carbocycles. The molecule has 0 radical (unpaired) electrons. The van der Waals surface area contributed by atoms with Crippen molar-refractivity contribution >= 4 is 0 Å². The van der Waals surface area contributed by atoms with Gasteiger partial charge in [-0.15, -0.1) is 0 Å². The van der Waals surface area contributed by atoms with E-state index in [0.717, 1.165) is 13.7 Å². The molecule has 0 unspecified atom stereocenters. The molecule has 0 aliphatic heterocycles. The van der Waals surface area contributed by atoms with E-state index < -0.39 is 0 Å². The molecule has 7 heavy (non-hydrogen) atoms. The molecule has 0 bridgehead atoms. The fourth-order valence-electron chi connectivity index (χ4n) is 0.118. The molecule has 2 nitrogen and oxygen atoms in total. The van der Waals surface area contributed by atoms with Crippen LogP contribution in [0.4, 0.5) is 0 Å². The fourth-order valence-corrected chi connectivity index (χ4v) is 0.118. The first-order valence-electron chi connectivity index (χ1n) is 2.09. The number of rotatable bonds is 2. The van der Waals surface area contributed by atoms with E-state index in [1.165, 1.54) is 6.26 Å². The summed E-state index contributed by atoms with van der Waals surface area (Å²) < 4.78 is 4.60. The molecular formula is C5H12O2. The summed E-state index contributed by atoms with van der Waals surface area (Å²) >= 11 is 0. The number of hydrogen-bond donors (Lipinski definition) is 1. The minimum absolute atomic E-state index is 0.726. The van der Waals surface area contributed by atoms with Crippen molar-refractivity contribution in [2.45, 2.75) is 6.92 Å². The third kappa shape index (κ3) is 29.9.